The first-order chi connectivity index (χ1) is 10.2. The van der Waals surface area contributed by atoms with Gasteiger partial charge < -0.3 is 5.11 Å². The molecule has 0 radical (unpaired) electrons. The molecule has 0 bridgehead atoms. The van der Waals surface area contributed by atoms with Crippen LogP contribution < -0.4 is 0 Å². The van der Waals surface area contributed by atoms with Crippen LogP contribution in [0.1, 0.15) is 33.9 Å². The van der Waals surface area contributed by atoms with E-state index in [9.17, 15) is 5.11 Å². The van der Waals surface area contributed by atoms with Crippen LogP contribution in [0.25, 0.3) is 10.8 Å². The van der Waals surface area contributed by atoms with E-state index in [1.165, 1.54) is 27.5 Å². The van der Waals surface area contributed by atoms with Gasteiger partial charge in [0.1, 0.15) is 6.10 Å². The van der Waals surface area contributed by atoms with E-state index in [4.69, 9.17) is 0 Å². The van der Waals surface area contributed by atoms with Gasteiger partial charge >= 0.3 is 0 Å². The summed E-state index contributed by atoms with van der Waals surface area (Å²) in [6.45, 7) is 2.06. The Hall–Kier alpha value is -2.12. The minimum Gasteiger partial charge on any atom is -0.384 e. The maximum absolute atomic E-state index is 10.8. The summed E-state index contributed by atoms with van der Waals surface area (Å²) in [7, 11) is 0. The van der Waals surface area contributed by atoms with Crippen LogP contribution in [-0.4, -0.2) is 5.11 Å². The number of aliphatic hydroxyl groups excluding tert-OH is 1. The lowest BCUT2D eigenvalue weighted by molar-refractivity contribution is 0.222. The molecule has 0 heterocycles. The van der Waals surface area contributed by atoms with Crippen LogP contribution in [-0.2, 0) is 12.8 Å². The molecule has 0 spiro atoms. The van der Waals surface area contributed by atoms with Crippen LogP contribution in [0, 0.1) is 6.92 Å². The van der Waals surface area contributed by atoms with Crippen LogP contribution in [0.2, 0.25) is 0 Å². The SMILES string of the molecule is Cc1ccc(C(O)c2ccc3c4c(cccc24)CC3)cc1. The van der Waals surface area contributed by atoms with E-state index >= 15 is 0 Å². The van der Waals surface area contributed by atoms with E-state index in [2.05, 4.69) is 49.4 Å². The van der Waals surface area contributed by atoms with Crippen molar-refractivity contribution < 1.29 is 5.11 Å². The Kier molecular flexibility index (Phi) is 2.83. The highest BCUT2D eigenvalue weighted by Crippen LogP contribution is 2.36. The van der Waals surface area contributed by atoms with Gasteiger partial charge in [-0.2, -0.15) is 0 Å². The van der Waals surface area contributed by atoms with Crippen molar-refractivity contribution >= 4 is 10.8 Å². The summed E-state index contributed by atoms with van der Waals surface area (Å²) in [6.07, 6.45) is 1.68. The highest BCUT2D eigenvalue weighted by atomic mass is 16.3. The third-order valence-electron chi connectivity index (χ3n) is 4.60. The number of benzene rings is 3. The molecule has 0 saturated heterocycles. The van der Waals surface area contributed by atoms with Gasteiger partial charge in [-0.1, -0.05) is 60.2 Å². The van der Waals surface area contributed by atoms with Crippen molar-refractivity contribution in [2.45, 2.75) is 25.9 Å². The fraction of sp³-hybridized carbons (Fsp3) is 0.200. The van der Waals surface area contributed by atoms with E-state index in [-0.39, 0.29) is 0 Å². The second-order valence-electron chi connectivity index (χ2n) is 5.97. The summed E-state index contributed by atoms with van der Waals surface area (Å²) in [5.41, 5.74) is 6.02. The molecule has 0 amide bonds. The molecule has 1 heteroatoms. The molecule has 4 rings (SSSR count). The first kappa shape index (κ1) is 12.6. The van der Waals surface area contributed by atoms with Gasteiger partial charge in [-0.15, -0.1) is 0 Å². The molecule has 1 aliphatic rings. The molecule has 1 unspecified atom stereocenters. The first-order valence-electron chi connectivity index (χ1n) is 7.52. The maximum Gasteiger partial charge on any atom is 0.105 e. The lowest BCUT2D eigenvalue weighted by atomic mass is 9.93. The first-order valence-corrected chi connectivity index (χ1v) is 7.52. The lowest BCUT2D eigenvalue weighted by Crippen LogP contribution is -2.01. The highest BCUT2D eigenvalue weighted by molar-refractivity contribution is 5.93. The molecule has 0 aliphatic heterocycles. The fourth-order valence-electron chi connectivity index (χ4n) is 3.44. The van der Waals surface area contributed by atoms with Crippen molar-refractivity contribution in [3.8, 4) is 0 Å². The Morgan fingerprint density at radius 2 is 1.57 bits per heavy atom. The Labute approximate surface area is 124 Å². The normalized spacial score (nSPS) is 14.6. The summed E-state index contributed by atoms with van der Waals surface area (Å²) in [6, 6.07) is 18.9. The monoisotopic (exact) mass is 274 g/mol. The van der Waals surface area contributed by atoms with E-state index in [1.54, 1.807) is 0 Å². The Morgan fingerprint density at radius 3 is 2.33 bits per heavy atom. The van der Waals surface area contributed by atoms with Crippen LogP contribution >= 0.6 is 0 Å². The van der Waals surface area contributed by atoms with Gasteiger partial charge in [0.25, 0.3) is 0 Å². The maximum atomic E-state index is 10.8. The van der Waals surface area contributed by atoms with Gasteiger partial charge in [0.05, 0.1) is 0 Å². The number of aryl methyl sites for hydroxylation is 3. The van der Waals surface area contributed by atoms with Crippen LogP contribution in [0.5, 0.6) is 0 Å². The zero-order valence-corrected chi connectivity index (χ0v) is 12.1. The average Bonchev–Trinajstić information content (AvgIpc) is 2.93. The minimum atomic E-state index is -0.560. The van der Waals surface area contributed by atoms with E-state index in [0.717, 1.165) is 24.0 Å². The molecule has 0 saturated carbocycles. The van der Waals surface area contributed by atoms with Crippen molar-refractivity contribution in [1.82, 2.24) is 0 Å². The van der Waals surface area contributed by atoms with Crippen LogP contribution in [0.4, 0.5) is 0 Å². The summed E-state index contributed by atoms with van der Waals surface area (Å²) >= 11 is 0. The van der Waals surface area contributed by atoms with Crippen LogP contribution in [0.3, 0.4) is 0 Å². The third-order valence-corrected chi connectivity index (χ3v) is 4.60. The molecule has 0 fully saturated rings. The van der Waals surface area contributed by atoms with Gasteiger partial charge in [0.15, 0.2) is 0 Å². The number of hydrogen-bond acceptors (Lipinski definition) is 1. The molecule has 3 aromatic carbocycles. The quantitative estimate of drug-likeness (QED) is 0.737. The third kappa shape index (κ3) is 1.97. The predicted octanol–water partition coefficient (Wildman–Crippen LogP) is 4.33. The van der Waals surface area contributed by atoms with Gasteiger partial charge in [-0.25, -0.2) is 0 Å². The molecular formula is C20H18O. The van der Waals surface area contributed by atoms with Crippen molar-refractivity contribution in [2.24, 2.45) is 0 Å². The number of hydrogen-bond donors (Lipinski definition) is 1. The minimum absolute atomic E-state index is 0.560. The average molecular weight is 274 g/mol. The van der Waals surface area contributed by atoms with E-state index in [1.807, 2.05) is 12.1 Å². The summed E-state index contributed by atoms with van der Waals surface area (Å²) in [4.78, 5) is 0. The second kappa shape index (κ2) is 4.71. The number of rotatable bonds is 2. The molecule has 1 N–H and O–H groups in total. The molecule has 1 nitrogen and oxygen atoms in total. The molecule has 21 heavy (non-hydrogen) atoms. The molecule has 0 aromatic heterocycles. The van der Waals surface area contributed by atoms with Gasteiger partial charge in [0.2, 0.25) is 0 Å². The summed E-state index contributed by atoms with van der Waals surface area (Å²) < 4.78 is 0. The zero-order valence-electron chi connectivity index (χ0n) is 12.1. The predicted molar refractivity (Wildman–Crippen MR) is 86.6 cm³/mol. The Morgan fingerprint density at radius 1 is 0.857 bits per heavy atom. The highest BCUT2D eigenvalue weighted by Gasteiger charge is 2.19. The second-order valence-corrected chi connectivity index (χ2v) is 5.97. The lowest BCUT2D eigenvalue weighted by Gasteiger charge is -2.15. The van der Waals surface area contributed by atoms with E-state index in [0.29, 0.717) is 0 Å². The van der Waals surface area contributed by atoms with Crippen LogP contribution in [0.15, 0.2) is 54.6 Å². The summed E-state index contributed by atoms with van der Waals surface area (Å²) in [5.74, 6) is 0. The topological polar surface area (TPSA) is 20.2 Å². The zero-order chi connectivity index (χ0) is 14.4. The van der Waals surface area contributed by atoms with Gasteiger partial charge in [0, 0.05) is 0 Å². The van der Waals surface area contributed by atoms with E-state index < -0.39 is 6.10 Å². The molecule has 104 valence electrons. The smallest absolute Gasteiger partial charge is 0.105 e. The van der Waals surface area contributed by atoms with Crippen molar-refractivity contribution in [1.29, 1.82) is 0 Å². The largest absolute Gasteiger partial charge is 0.384 e. The summed E-state index contributed by atoms with van der Waals surface area (Å²) in [5, 5.41) is 13.3. The molecule has 3 aromatic rings. The Bertz CT molecular complexity index is 805. The fourth-order valence-corrected chi connectivity index (χ4v) is 3.44. The van der Waals surface area contributed by atoms with Gasteiger partial charge in [-0.05, 0) is 52.8 Å². The molecular weight excluding hydrogens is 256 g/mol. The molecule has 1 atom stereocenters. The van der Waals surface area contributed by atoms with Crippen molar-refractivity contribution in [2.75, 3.05) is 0 Å². The standard InChI is InChI=1S/C20H18O/c1-13-5-7-16(8-6-13)20(21)18-12-11-15-10-9-14-3-2-4-17(18)19(14)15/h2-8,11-12,20-21H,9-10H2,1H3. The molecule has 1 aliphatic carbocycles. The van der Waals surface area contributed by atoms with Gasteiger partial charge in [-0.3, -0.25) is 0 Å². The number of aliphatic hydroxyl groups is 1. The van der Waals surface area contributed by atoms with Crippen molar-refractivity contribution in [3.63, 3.8) is 0 Å². The Balaban J connectivity index is 1.89. The van der Waals surface area contributed by atoms with Crippen molar-refractivity contribution in [3.05, 3.63) is 82.4 Å².